The molecule has 4 nitrogen and oxygen atoms in total. The highest BCUT2D eigenvalue weighted by atomic mass is 16.2. The predicted octanol–water partition coefficient (Wildman–Crippen LogP) is 4.40. The number of rotatable bonds is 6. The molecule has 1 atom stereocenters. The first-order valence-electron chi connectivity index (χ1n) is 11.8. The van der Waals surface area contributed by atoms with Gasteiger partial charge in [-0.1, -0.05) is 43.7 Å². The standard InChI is InChI=1S/C26H34N2O2/c1-2-3-9-28-17-26(24(27)30,23(29)13-22(28)21-7-5-4-6-8-21)25-14-18-10-19(15-25)12-20(11-18)16-25/h4-8,13,18-20H,2-3,9-12,14-17H2,1H3,(H2,27,30). The maximum Gasteiger partial charge on any atom is 0.233 e. The molecule has 5 aliphatic rings. The van der Waals surface area contributed by atoms with Crippen molar-refractivity contribution in [3.8, 4) is 0 Å². The lowest BCUT2D eigenvalue weighted by molar-refractivity contribution is -0.170. The second-order valence-corrected chi connectivity index (χ2v) is 10.5. The molecule has 4 saturated carbocycles. The van der Waals surface area contributed by atoms with Gasteiger partial charge in [0.1, 0.15) is 5.41 Å². The highest BCUT2D eigenvalue weighted by Gasteiger charge is 2.66. The van der Waals surface area contributed by atoms with Gasteiger partial charge >= 0.3 is 0 Å². The summed E-state index contributed by atoms with van der Waals surface area (Å²) >= 11 is 0. The molecule has 4 aliphatic carbocycles. The number of carbonyl (C=O) groups excluding carboxylic acids is 2. The van der Waals surface area contributed by atoms with Crippen molar-refractivity contribution in [1.82, 2.24) is 4.90 Å². The number of unbranched alkanes of at least 4 members (excludes halogenated alkanes) is 1. The molecule has 1 unspecified atom stereocenters. The van der Waals surface area contributed by atoms with E-state index in [0.29, 0.717) is 24.3 Å². The van der Waals surface area contributed by atoms with Crippen LogP contribution in [0.25, 0.3) is 5.70 Å². The normalized spacial score (nSPS) is 37.4. The topological polar surface area (TPSA) is 63.4 Å². The third-order valence-electron chi connectivity index (χ3n) is 8.67. The van der Waals surface area contributed by atoms with E-state index in [1.165, 1.54) is 19.3 Å². The zero-order valence-corrected chi connectivity index (χ0v) is 18.1. The Labute approximate surface area is 179 Å². The average Bonchev–Trinajstić information content (AvgIpc) is 2.72. The first-order chi connectivity index (χ1) is 14.5. The van der Waals surface area contributed by atoms with Gasteiger partial charge in [0, 0.05) is 24.9 Å². The Balaban J connectivity index is 1.60. The Morgan fingerprint density at radius 1 is 1.07 bits per heavy atom. The number of nitrogens with two attached hydrogens (primary N) is 1. The highest BCUT2D eigenvalue weighted by molar-refractivity contribution is 6.15. The summed E-state index contributed by atoms with van der Waals surface area (Å²) in [5.41, 5.74) is 6.86. The molecule has 0 saturated heterocycles. The third kappa shape index (κ3) is 2.86. The summed E-state index contributed by atoms with van der Waals surface area (Å²) in [5, 5.41) is 0. The summed E-state index contributed by atoms with van der Waals surface area (Å²) in [7, 11) is 0. The third-order valence-corrected chi connectivity index (χ3v) is 8.67. The molecule has 0 aromatic heterocycles. The fraction of sp³-hybridized carbons (Fsp3) is 0.615. The second-order valence-electron chi connectivity index (χ2n) is 10.5. The molecule has 1 aliphatic heterocycles. The Morgan fingerprint density at radius 3 is 2.20 bits per heavy atom. The molecule has 4 fully saturated rings. The average molecular weight is 407 g/mol. The number of hydrogen-bond donors (Lipinski definition) is 1. The molecule has 1 aromatic carbocycles. The largest absolute Gasteiger partial charge is 0.369 e. The van der Waals surface area contributed by atoms with Gasteiger partial charge in [-0.2, -0.15) is 0 Å². The van der Waals surface area contributed by atoms with E-state index >= 15 is 0 Å². The van der Waals surface area contributed by atoms with Gasteiger partial charge < -0.3 is 10.6 Å². The van der Waals surface area contributed by atoms with E-state index < -0.39 is 5.41 Å². The first-order valence-corrected chi connectivity index (χ1v) is 11.8. The quantitative estimate of drug-likeness (QED) is 0.712. The van der Waals surface area contributed by atoms with E-state index in [2.05, 4.69) is 24.0 Å². The van der Waals surface area contributed by atoms with Crippen molar-refractivity contribution in [2.45, 2.75) is 58.3 Å². The molecule has 2 N–H and O–H groups in total. The van der Waals surface area contributed by atoms with Crippen molar-refractivity contribution >= 4 is 17.4 Å². The van der Waals surface area contributed by atoms with Crippen LogP contribution in [0.4, 0.5) is 0 Å². The summed E-state index contributed by atoms with van der Waals surface area (Å²) in [6.45, 7) is 3.49. The SMILES string of the molecule is CCCCN1CC(C(N)=O)(C23CC4CC(CC(C4)C2)C3)C(=O)C=C1c1ccccc1. The summed E-state index contributed by atoms with van der Waals surface area (Å²) in [6, 6.07) is 10.1. The van der Waals surface area contributed by atoms with Gasteiger partial charge in [0.25, 0.3) is 0 Å². The van der Waals surface area contributed by atoms with E-state index in [4.69, 9.17) is 5.73 Å². The minimum absolute atomic E-state index is 0.0384. The molecule has 0 spiro atoms. The Kier molecular flexibility index (Phi) is 4.79. The molecule has 160 valence electrons. The van der Waals surface area contributed by atoms with Crippen LogP contribution in [0, 0.1) is 28.6 Å². The fourth-order valence-electron chi connectivity index (χ4n) is 7.73. The number of allylic oxidation sites excluding steroid dienone is 1. The summed E-state index contributed by atoms with van der Waals surface area (Å²) in [5.74, 6) is 1.58. The van der Waals surface area contributed by atoms with Crippen LogP contribution in [0.15, 0.2) is 36.4 Å². The maximum atomic E-state index is 13.9. The number of hydrogen-bond acceptors (Lipinski definition) is 3. The number of benzene rings is 1. The highest BCUT2D eigenvalue weighted by Crippen LogP contribution is 2.67. The molecular formula is C26H34N2O2. The van der Waals surface area contributed by atoms with Gasteiger partial charge in [-0.25, -0.2) is 0 Å². The van der Waals surface area contributed by atoms with Crippen LogP contribution in [0.1, 0.15) is 63.9 Å². The van der Waals surface area contributed by atoms with Crippen LogP contribution < -0.4 is 5.73 Å². The van der Waals surface area contributed by atoms with Crippen LogP contribution in [0.2, 0.25) is 0 Å². The van der Waals surface area contributed by atoms with Crippen molar-refractivity contribution in [2.75, 3.05) is 13.1 Å². The van der Waals surface area contributed by atoms with E-state index in [-0.39, 0.29) is 17.1 Å². The van der Waals surface area contributed by atoms with Gasteiger partial charge in [-0.05, 0) is 73.7 Å². The molecule has 4 bridgehead atoms. The molecular weight excluding hydrogens is 372 g/mol. The van der Waals surface area contributed by atoms with E-state index in [1.54, 1.807) is 6.08 Å². The van der Waals surface area contributed by atoms with Crippen LogP contribution >= 0.6 is 0 Å². The number of amides is 1. The number of nitrogens with zero attached hydrogens (tertiary/aromatic N) is 1. The van der Waals surface area contributed by atoms with Crippen molar-refractivity contribution in [1.29, 1.82) is 0 Å². The van der Waals surface area contributed by atoms with Crippen LogP contribution in [-0.2, 0) is 9.59 Å². The van der Waals surface area contributed by atoms with Crippen molar-refractivity contribution in [3.63, 3.8) is 0 Å². The van der Waals surface area contributed by atoms with Gasteiger partial charge in [0.2, 0.25) is 5.91 Å². The molecule has 30 heavy (non-hydrogen) atoms. The van der Waals surface area contributed by atoms with Crippen molar-refractivity contribution in [2.24, 2.45) is 34.3 Å². The molecule has 1 aromatic rings. The summed E-state index contributed by atoms with van der Waals surface area (Å²) < 4.78 is 0. The Bertz CT molecular complexity index is 839. The first kappa shape index (κ1) is 19.8. The van der Waals surface area contributed by atoms with Gasteiger partial charge in [0.05, 0.1) is 0 Å². The van der Waals surface area contributed by atoms with Gasteiger partial charge in [-0.3, -0.25) is 9.59 Å². The predicted molar refractivity (Wildman–Crippen MR) is 118 cm³/mol. The molecule has 4 heteroatoms. The smallest absolute Gasteiger partial charge is 0.233 e. The summed E-state index contributed by atoms with van der Waals surface area (Å²) in [6.07, 6.45) is 10.7. The molecule has 6 rings (SSSR count). The molecule has 1 heterocycles. The zero-order chi connectivity index (χ0) is 20.9. The molecule has 1 amide bonds. The zero-order valence-electron chi connectivity index (χ0n) is 18.1. The Morgan fingerprint density at radius 2 is 1.67 bits per heavy atom. The number of ketones is 1. The van der Waals surface area contributed by atoms with E-state index in [9.17, 15) is 9.59 Å². The second kappa shape index (κ2) is 7.25. The molecule has 0 radical (unpaired) electrons. The lowest BCUT2D eigenvalue weighted by Gasteiger charge is -2.63. The van der Waals surface area contributed by atoms with Crippen LogP contribution in [-0.4, -0.2) is 29.7 Å². The minimum Gasteiger partial charge on any atom is -0.369 e. The maximum absolute atomic E-state index is 13.9. The minimum atomic E-state index is -1.07. The summed E-state index contributed by atoms with van der Waals surface area (Å²) in [4.78, 5) is 29.4. The van der Waals surface area contributed by atoms with E-state index in [0.717, 1.165) is 49.9 Å². The number of carbonyl (C=O) groups is 2. The lowest BCUT2D eigenvalue weighted by atomic mass is 9.41. The lowest BCUT2D eigenvalue weighted by Crippen LogP contribution is -2.66. The Hall–Kier alpha value is -2.10. The van der Waals surface area contributed by atoms with Crippen molar-refractivity contribution in [3.05, 3.63) is 42.0 Å². The van der Waals surface area contributed by atoms with E-state index in [1.807, 2.05) is 18.2 Å². The van der Waals surface area contributed by atoms with Crippen molar-refractivity contribution < 1.29 is 9.59 Å². The number of primary amides is 1. The monoisotopic (exact) mass is 406 g/mol. The van der Waals surface area contributed by atoms with Crippen LogP contribution in [0.3, 0.4) is 0 Å². The fourth-order valence-corrected chi connectivity index (χ4v) is 7.73. The van der Waals surface area contributed by atoms with Crippen LogP contribution in [0.5, 0.6) is 0 Å². The van der Waals surface area contributed by atoms with Gasteiger partial charge in [-0.15, -0.1) is 0 Å². The van der Waals surface area contributed by atoms with Gasteiger partial charge in [0.15, 0.2) is 5.78 Å².